The van der Waals surface area contributed by atoms with Gasteiger partial charge in [-0.2, -0.15) is 0 Å². The first-order valence-corrected chi connectivity index (χ1v) is 5.71. The Bertz CT molecular complexity index is 138. The van der Waals surface area contributed by atoms with E-state index < -0.39 is 0 Å². The van der Waals surface area contributed by atoms with Crippen molar-refractivity contribution >= 4 is 0 Å². The Kier molecular flexibility index (Phi) is 6.38. The minimum atomic E-state index is 0.448. The van der Waals surface area contributed by atoms with Gasteiger partial charge in [-0.3, -0.25) is 0 Å². The van der Waals surface area contributed by atoms with Gasteiger partial charge in [-0.05, 0) is 38.4 Å². The van der Waals surface area contributed by atoms with Crippen molar-refractivity contribution in [3.05, 3.63) is 0 Å². The first kappa shape index (κ1) is 13.9. The summed E-state index contributed by atoms with van der Waals surface area (Å²) in [5, 5.41) is 3.17. The lowest BCUT2D eigenvalue weighted by atomic mass is 9.80. The van der Waals surface area contributed by atoms with Crippen molar-refractivity contribution in [2.24, 2.45) is 11.3 Å². The van der Waals surface area contributed by atoms with Crippen molar-refractivity contribution in [2.45, 2.75) is 34.1 Å². The second-order valence-corrected chi connectivity index (χ2v) is 5.46. The average molecular weight is 200 g/mol. The number of hydrogen-bond acceptors (Lipinski definition) is 2. The highest BCUT2D eigenvalue weighted by molar-refractivity contribution is 4.71. The molecule has 0 saturated heterocycles. The van der Waals surface area contributed by atoms with Crippen LogP contribution in [0, 0.1) is 11.3 Å². The van der Waals surface area contributed by atoms with Gasteiger partial charge in [0.25, 0.3) is 0 Å². The topological polar surface area (TPSA) is 15.3 Å². The predicted molar refractivity (Wildman–Crippen MR) is 64.7 cm³/mol. The van der Waals surface area contributed by atoms with Crippen LogP contribution in [0.1, 0.15) is 34.1 Å². The molecule has 0 aliphatic rings. The SMILES string of the molecule is CNCCN(C)CCC(C)C(C)(C)C. The molecule has 0 bridgehead atoms. The van der Waals surface area contributed by atoms with Gasteiger partial charge in [0, 0.05) is 13.1 Å². The van der Waals surface area contributed by atoms with Crippen molar-refractivity contribution in [1.82, 2.24) is 10.2 Å². The van der Waals surface area contributed by atoms with Crippen LogP contribution in [0.2, 0.25) is 0 Å². The summed E-state index contributed by atoms with van der Waals surface area (Å²) in [5.41, 5.74) is 0.448. The summed E-state index contributed by atoms with van der Waals surface area (Å²) in [5.74, 6) is 0.791. The smallest absolute Gasteiger partial charge is 0.0104 e. The molecule has 0 radical (unpaired) electrons. The third-order valence-corrected chi connectivity index (χ3v) is 3.17. The highest BCUT2D eigenvalue weighted by Crippen LogP contribution is 2.27. The summed E-state index contributed by atoms with van der Waals surface area (Å²) >= 11 is 0. The molecule has 0 heterocycles. The second-order valence-electron chi connectivity index (χ2n) is 5.46. The molecular formula is C12H28N2. The van der Waals surface area contributed by atoms with Gasteiger partial charge in [-0.25, -0.2) is 0 Å². The molecule has 2 heteroatoms. The molecular weight excluding hydrogens is 172 g/mol. The van der Waals surface area contributed by atoms with Gasteiger partial charge < -0.3 is 10.2 Å². The fourth-order valence-electron chi connectivity index (χ4n) is 1.26. The van der Waals surface area contributed by atoms with Gasteiger partial charge in [0.15, 0.2) is 0 Å². The average Bonchev–Trinajstić information content (AvgIpc) is 2.09. The lowest BCUT2D eigenvalue weighted by molar-refractivity contribution is 0.213. The molecule has 0 amide bonds. The van der Waals surface area contributed by atoms with E-state index in [1.54, 1.807) is 0 Å². The normalized spacial score (nSPS) is 14.8. The molecule has 0 aliphatic carbocycles. The standard InChI is InChI=1S/C12H28N2/c1-11(12(2,3)4)7-9-14(6)10-8-13-5/h11,13H,7-10H2,1-6H3. The van der Waals surface area contributed by atoms with Crippen LogP contribution in [0.3, 0.4) is 0 Å². The van der Waals surface area contributed by atoms with Crippen LogP contribution in [0.25, 0.3) is 0 Å². The molecule has 0 aliphatic heterocycles. The van der Waals surface area contributed by atoms with Gasteiger partial charge in [0.1, 0.15) is 0 Å². The first-order valence-electron chi connectivity index (χ1n) is 5.71. The monoisotopic (exact) mass is 200 g/mol. The molecule has 1 N–H and O–H groups in total. The van der Waals surface area contributed by atoms with Crippen molar-refractivity contribution in [1.29, 1.82) is 0 Å². The zero-order chi connectivity index (χ0) is 11.2. The molecule has 1 atom stereocenters. The van der Waals surface area contributed by atoms with Crippen molar-refractivity contribution in [2.75, 3.05) is 33.7 Å². The minimum absolute atomic E-state index is 0.448. The zero-order valence-corrected chi connectivity index (χ0v) is 10.9. The maximum atomic E-state index is 3.17. The van der Waals surface area contributed by atoms with Gasteiger partial charge in [0.2, 0.25) is 0 Å². The molecule has 0 rings (SSSR count). The molecule has 1 unspecified atom stereocenters. The number of rotatable bonds is 6. The number of nitrogens with one attached hydrogen (secondary N) is 1. The Labute approximate surface area is 90.1 Å². The highest BCUT2D eigenvalue weighted by atomic mass is 15.1. The van der Waals surface area contributed by atoms with E-state index in [-0.39, 0.29) is 0 Å². The molecule has 0 fully saturated rings. The first-order chi connectivity index (χ1) is 6.38. The van der Waals surface area contributed by atoms with Gasteiger partial charge in [-0.1, -0.05) is 27.7 Å². The molecule has 86 valence electrons. The van der Waals surface area contributed by atoms with Crippen LogP contribution in [0.5, 0.6) is 0 Å². The van der Waals surface area contributed by atoms with E-state index >= 15 is 0 Å². The van der Waals surface area contributed by atoms with E-state index in [4.69, 9.17) is 0 Å². The second kappa shape index (κ2) is 6.41. The number of nitrogens with zero attached hydrogens (tertiary/aromatic N) is 1. The maximum Gasteiger partial charge on any atom is 0.0104 e. The van der Waals surface area contributed by atoms with Crippen LogP contribution in [-0.4, -0.2) is 38.6 Å². The van der Waals surface area contributed by atoms with Gasteiger partial charge >= 0.3 is 0 Å². The molecule has 0 aromatic heterocycles. The fraction of sp³-hybridized carbons (Fsp3) is 1.00. The molecule has 0 aromatic rings. The number of likely N-dealkylation sites (N-methyl/N-ethyl adjacent to an activating group) is 2. The lowest BCUT2D eigenvalue weighted by Crippen LogP contribution is -2.30. The minimum Gasteiger partial charge on any atom is -0.318 e. The summed E-state index contributed by atoms with van der Waals surface area (Å²) < 4.78 is 0. The largest absolute Gasteiger partial charge is 0.318 e. The third kappa shape index (κ3) is 6.39. The van der Waals surface area contributed by atoms with E-state index in [2.05, 4.69) is 45.0 Å². The summed E-state index contributed by atoms with van der Waals surface area (Å²) in [4.78, 5) is 2.40. The van der Waals surface area contributed by atoms with E-state index in [1.807, 2.05) is 7.05 Å². The molecule has 0 saturated carbocycles. The lowest BCUT2D eigenvalue weighted by Gasteiger charge is -2.29. The van der Waals surface area contributed by atoms with E-state index in [0.29, 0.717) is 5.41 Å². The van der Waals surface area contributed by atoms with Crippen molar-refractivity contribution in [3.8, 4) is 0 Å². The Hall–Kier alpha value is -0.0800. The Morgan fingerprint density at radius 1 is 1.21 bits per heavy atom. The van der Waals surface area contributed by atoms with Crippen LogP contribution >= 0.6 is 0 Å². The van der Waals surface area contributed by atoms with Crippen LogP contribution < -0.4 is 5.32 Å². The van der Waals surface area contributed by atoms with Gasteiger partial charge in [-0.15, -0.1) is 0 Å². The fourth-order valence-corrected chi connectivity index (χ4v) is 1.26. The highest BCUT2D eigenvalue weighted by Gasteiger charge is 2.19. The number of hydrogen-bond donors (Lipinski definition) is 1. The molecule has 14 heavy (non-hydrogen) atoms. The maximum absolute atomic E-state index is 3.17. The Balaban J connectivity index is 3.61. The van der Waals surface area contributed by atoms with Crippen molar-refractivity contribution in [3.63, 3.8) is 0 Å². The Morgan fingerprint density at radius 2 is 1.79 bits per heavy atom. The van der Waals surface area contributed by atoms with Crippen LogP contribution in [-0.2, 0) is 0 Å². The summed E-state index contributed by atoms with van der Waals surface area (Å²) in [7, 11) is 4.21. The predicted octanol–water partition coefficient (Wildman–Crippen LogP) is 2.21. The van der Waals surface area contributed by atoms with E-state index in [9.17, 15) is 0 Å². The third-order valence-electron chi connectivity index (χ3n) is 3.17. The summed E-state index contributed by atoms with van der Waals surface area (Å²) in [6, 6.07) is 0. The van der Waals surface area contributed by atoms with Crippen LogP contribution in [0.4, 0.5) is 0 Å². The van der Waals surface area contributed by atoms with Gasteiger partial charge in [0.05, 0.1) is 0 Å². The van der Waals surface area contributed by atoms with Crippen molar-refractivity contribution < 1.29 is 0 Å². The summed E-state index contributed by atoms with van der Waals surface area (Å²) in [6.07, 6.45) is 1.30. The van der Waals surface area contributed by atoms with Crippen LogP contribution in [0.15, 0.2) is 0 Å². The molecule has 0 aromatic carbocycles. The molecule has 0 spiro atoms. The van der Waals surface area contributed by atoms with E-state index in [1.165, 1.54) is 13.0 Å². The zero-order valence-electron chi connectivity index (χ0n) is 10.9. The Morgan fingerprint density at radius 3 is 2.21 bits per heavy atom. The van der Waals surface area contributed by atoms with E-state index in [0.717, 1.165) is 19.0 Å². The summed E-state index contributed by atoms with van der Waals surface area (Å²) in [6.45, 7) is 12.8. The molecule has 2 nitrogen and oxygen atoms in total. The quantitative estimate of drug-likeness (QED) is 0.707.